The number of methoxy groups -OCH3 is 1. The number of sulfonamides is 1. The van der Waals surface area contributed by atoms with Crippen LogP contribution in [0.4, 0.5) is 8.78 Å². The smallest absolute Gasteiger partial charge is 0.252 e. The summed E-state index contributed by atoms with van der Waals surface area (Å²) in [5.41, 5.74) is 0.955. The van der Waals surface area contributed by atoms with Crippen LogP contribution in [-0.4, -0.2) is 51.8 Å². The highest BCUT2D eigenvalue weighted by atomic mass is 35.5. The SMILES string of the molecule is COCCN(CC(F)F)S(=O)(=O)c1ccc(CCCCl)cc1. The lowest BCUT2D eigenvalue weighted by Gasteiger charge is -2.21. The maximum absolute atomic E-state index is 12.6. The van der Waals surface area contributed by atoms with Crippen LogP contribution in [0.3, 0.4) is 0 Å². The minimum absolute atomic E-state index is 0.00104. The van der Waals surface area contributed by atoms with Crippen molar-refractivity contribution in [3.05, 3.63) is 29.8 Å². The molecule has 1 rings (SSSR count). The fourth-order valence-corrected chi connectivity index (χ4v) is 3.44. The van der Waals surface area contributed by atoms with Gasteiger partial charge in [0.2, 0.25) is 10.0 Å². The highest BCUT2D eigenvalue weighted by Crippen LogP contribution is 2.18. The number of benzene rings is 1. The van der Waals surface area contributed by atoms with Gasteiger partial charge in [0.1, 0.15) is 0 Å². The molecule has 0 aromatic heterocycles. The molecular formula is C14H20ClF2NO3S. The summed E-state index contributed by atoms with van der Waals surface area (Å²) in [5.74, 6) is 0.527. The summed E-state index contributed by atoms with van der Waals surface area (Å²) in [4.78, 5) is -0.00104. The van der Waals surface area contributed by atoms with Crippen molar-refractivity contribution in [2.75, 3.05) is 32.7 Å². The molecule has 0 spiro atoms. The quantitative estimate of drug-likeness (QED) is 0.606. The lowest BCUT2D eigenvalue weighted by atomic mass is 10.1. The molecule has 0 aliphatic rings. The lowest BCUT2D eigenvalue weighted by molar-refractivity contribution is 0.106. The van der Waals surface area contributed by atoms with Crippen molar-refractivity contribution in [1.82, 2.24) is 4.31 Å². The van der Waals surface area contributed by atoms with Crippen molar-refractivity contribution < 1.29 is 21.9 Å². The Labute approximate surface area is 135 Å². The maximum Gasteiger partial charge on any atom is 0.252 e. The Morgan fingerprint density at radius 2 is 1.91 bits per heavy atom. The first-order valence-electron chi connectivity index (χ1n) is 6.84. The topological polar surface area (TPSA) is 46.6 Å². The molecule has 22 heavy (non-hydrogen) atoms. The van der Waals surface area contributed by atoms with E-state index in [4.69, 9.17) is 16.3 Å². The van der Waals surface area contributed by atoms with Crippen LogP contribution in [0.5, 0.6) is 0 Å². The summed E-state index contributed by atoms with van der Waals surface area (Å²) < 4.78 is 55.6. The zero-order chi connectivity index (χ0) is 16.6. The number of nitrogens with zero attached hydrogens (tertiary/aromatic N) is 1. The molecule has 0 N–H and O–H groups in total. The predicted octanol–water partition coefficient (Wildman–Crippen LogP) is 2.76. The van der Waals surface area contributed by atoms with Crippen LogP contribution >= 0.6 is 11.6 Å². The number of rotatable bonds is 10. The molecule has 126 valence electrons. The number of halogens is 3. The van der Waals surface area contributed by atoms with Gasteiger partial charge < -0.3 is 4.74 Å². The Balaban J connectivity index is 2.92. The van der Waals surface area contributed by atoms with Gasteiger partial charge in [-0.2, -0.15) is 4.31 Å². The number of ether oxygens (including phenoxy) is 1. The second kappa shape index (κ2) is 9.39. The maximum atomic E-state index is 12.6. The molecule has 0 saturated heterocycles. The van der Waals surface area contributed by atoms with Crippen LogP contribution in [0.15, 0.2) is 29.2 Å². The van der Waals surface area contributed by atoms with E-state index in [9.17, 15) is 17.2 Å². The molecule has 1 aromatic carbocycles. The van der Waals surface area contributed by atoms with Crippen LogP contribution in [0.25, 0.3) is 0 Å². The van der Waals surface area contributed by atoms with Gasteiger partial charge in [0.15, 0.2) is 0 Å². The Hall–Kier alpha value is -0.760. The molecule has 0 amide bonds. The van der Waals surface area contributed by atoms with E-state index in [2.05, 4.69) is 0 Å². The third-order valence-corrected chi connectivity index (χ3v) is 5.19. The lowest BCUT2D eigenvalue weighted by Crippen LogP contribution is -2.37. The minimum Gasteiger partial charge on any atom is -0.383 e. The summed E-state index contributed by atoms with van der Waals surface area (Å²) in [6.45, 7) is -0.906. The van der Waals surface area contributed by atoms with Crippen LogP contribution < -0.4 is 0 Å². The Morgan fingerprint density at radius 3 is 2.41 bits per heavy atom. The second-order valence-electron chi connectivity index (χ2n) is 4.68. The van der Waals surface area contributed by atoms with Gasteiger partial charge in [-0.1, -0.05) is 12.1 Å². The summed E-state index contributed by atoms with van der Waals surface area (Å²) in [6.07, 6.45) is -1.21. The molecule has 0 radical (unpaired) electrons. The number of hydrogen-bond acceptors (Lipinski definition) is 3. The van der Waals surface area contributed by atoms with Crippen molar-refractivity contribution in [2.45, 2.75) is 24.2 Å². The van der Waals surface area contributed by atoms with Gasteiger partial charge in [0, 0.05) is 19.5 Å². The minimum atomic E-state index is -3.96. The highest BCUT2D eigenvalue weighted by molar-refractivity contribution is 7.89. The van der Waals surface area contributed by atoms with Crippen LogP contribution in [0, 0.1) is 0 Å². The fraction of sp³-hybridized carbons (Fsp3) is 0.571. The van der Waals surface area contributed by atoms with Crippen molar-refractivity contribution >= 4 is 21.6 Å². The first-order chi connectivity index (χ1) is 10.4. The van der Waals surface area contributed by atoms with E-state index in [-0.39, 0.29) is 18.0 Å². The van der Waals surface area contributed by atoms with Gasteiger partial charge in [-0.15, -0.1) is 11.6 Å². The zero-order valence-electron chi connectivity index (χ0n) is 12.3. The number of alkyl halides is 3. The van der Waals surface area contributed by atoms with Gasteiger partial charge in [0.05, 0.1) is 18.0 Å². The number of hydrogen-bond donors (Lipinski definition) is 0. The molecule has 0 aliphatic carbocycles. The molecule has 0 fully saturated rings. The summed E-state index contributed by atoms with van der Waals surface area (Å²) in [6, 6.07) is 6.22. The zero-order valence-corrected chi connectivity index (χ0v) is 13.9. The molecule has 0 aliphatic heterocycles. The normalized spacial score (nSPS) is 12.3. The van der Waals surface area contributed by atoms with Crippen molar-refractivity contribution in [3.8, 4) is 0 Å². The summed E-state index contributed by atoms with van der Waals surface area (Å²) in [5, 5.41) is 0. The van der Waals surface area contributed by atoms with Crippen molar-refractivity contribution in [1.29, 1.82) is 0 Å². The third-order valence-electron chi connectivity index (χ3n) is 3.05. The fourth-order valence-electron chi connectivity index (χ4n) is 1.90. The molecule has 0 unspecified atom stereocenters. The molecule has 0 bridgehead atoms. The molecule has 8 heteroatoms. The van der Waals surface area contributed by atoms with E-state index in [0.717, 1.165) is 22.7 Å². The second-order valence-corrected chi connectivity index (χ2v) is 7.00. The van der Waals surface area contributed by atoms with E-state index >= 15 is 0 Å². The van der Waals surface area contributed by atoms with Gasteiger partial charge in [-0.25, -0.2) is 17.2 Å². The predicted molar refractivity (Wildman–Crippen MR) is 82.1 cm³/mol. The van der Waals surface area contributed by atoms with E-state index in [1.165, 1.54) is 19.2 Å². The number of aryl methyl sites for hydroxylation is 1. The third kappa shape index (κ3) is 5.79. The Morgan fingerprint density at radius 1 is 1.27 bits per heavy atom. The van der Waals surface area contributed by atoms with Crippen molar-refractivity contribution in [3.63, 3.8) is 0 Å². The van der Waals surface area contributed by atoms with Gasteiger partial charge >= 0.3 is 0 Å². The van der Waals surface area contributed by atoms with E-state index < -0.39 is 23.0 Å². The van der Waals surface area contributed by atoms with Gasteiger partial charge in [0.25, 0.3) is 6.43 Å². The van der Waals surface area contributed by atoms with Crippen LogP contribution in [0.2, 0.25) is 0 Å². The average Bonchev–Trinajstić information content (AvgIpc) is 2.49. The first-order valence-corrected chi connectivity index (χ1v) is 8.81. The Bertz CT molecular complexity index is 538. The first kappa shape index (κ1) is 19.3. The van der Waals surface area contributed by atoms with Gasteiger partial charge in [-0.3, -0.25) is 0 Å². The summed E-state index contributed by atoms with van der Waals surface area (Å²) >= 11 is 5.61. The van der Waals surface area contributed by atoms with Crippen LogP contribution in [-0.2, 0) is 21.2 Å². The monoisotopic (exact) mass is 355 g/mol. The highest BCUT2D eigenvalue weighted by Gasteiger charge is 2.26. The molecule has 0 saturated carbocycles. The molecule has 4 nitrogen and oxygen atoms in total. The molecule has 0 atom stereocenters. The van der Waals surface area contributed by atoms with E-state index in [0.29, 0.717) is 5.88 Å². The van der Waals surface area contributed by atoms with E-state index in [1.54, 1.807) is 12.1 Å². The Kier molecular flexibility index (Phi) is 8.24. The standard InChI is InChI=1S/C14H20ClF2NO3S/c1-21-10-9-18(11-14(16)17)22(19,20)13-6-4-12(5-7-13)3-2-8-15/h4-7,14H,2-3,8-11H2,1H3. The molecular weight excluding hydrogens is 336 g/mol. The summed E-state index contributed by atoms with van der Waals surface area (Å²) in [7, 11) is -2.57. The van der Waals surface area contributed by atoms with E-state index in [1.807, 2.05) is 0 Å². The van der Waals surface area contributed by atoms with Gasteiger partial charge in [-0.05, 0) is 30.5 Å². The molecule has 0 heterocycles. The average molecular weight is 356 g/mol. The van der Waals surface area contributed by atoms with Crippen LogP contribution in [0.1, 0.15) is 12.0 Å². The molecule has 1 aromatic rings. The largest absolute Gasteiger partial charge is 0.383 e. The van der Waals surface area contributed by atoms with Crippen molar-refractivity contribution in [2.24, 2.45) is 0 Å².